The molecule has 4 nitrogen and oxygen atoms in total. The molecule has 0 radical (unpaired) electrons. The first kappa shape index (κ1) is 19.1. The molecule has 1 amide bonds. The number of aromatic nitrogens is 1. The van der Waals surface area contributed by atoms with Gasteiger partial charge in [-0.1, -0.05) is 23.8 Å². The van der Waals surface area contributed by atoms with Gasteiger partial charge < -0.3 is 11.1 Å². The Bertz CT molecular complexity index is 1060. The number of allylic oxidation sites excluding steroid dienone is 1. The third-order valence-corrected chi connectivity index (χ3v) is 6.03. The van der Waals surface area contributed by atoms with Gasteiger partial charge in [-0.25, -0.2) is 4.98 Å². The van der Waals surface area contributed by atoms with E-state index in [0.29, 0.717) is 10.6 Å². The summed E-state index contributed by atoms with van der Waals surface area (Å²) in [6, 6.07) is 4.13. The summed E-state index contributed by atoms with van der Waals surface area (Å²) < 4.78 is 0. The van der Waals surface area contributed by atoms with E-state index in [-0.39, 0.29) is 5.91 Å². The van der Waals surface area contributed by atoms with Gasteiger partial charge >= 0.3 is 0 Å². The first-order valence-corrected chi connectivity index (χ1v) is 9.74. The molecule has 140 valence electrons. The molecular formula is C22H25N3OS. The highest BCUT2D eigenvalue weighted by Gasteiger charge is 2.21. The molecule has 3 rings (SSSR count). The Balaban J connectivity index is 2.07. The topological polar surface area (TPSA) is 68.0 Å². The number of thiophene rings is 1. The predicted molar refractivity (Wildman–Crippen MR) is 116 cm³/mol. The highest BCUT2D eigenvalue weighted by molar-refractivity contribution is 7.21. The maximum absolute atomic E-state index is 13.0. The van der Waals surface area contributed by atoms with E-state index in [9.17, 15) is 4.79 Å². The quantitative estimate of drug-likeness (QED) is 0.596. The molecule has 2 aromatic heterocycles. The molecule has 0 saturated carbocycles. The Labute approximate surface area is 164 Å². The molecule has 0 unspecified atom stereocenters. The normalized spacial score (nSPS) is 11.0. The van der Waals surface area contributed by atoms with E-state index in [0.717, 1.165) is 50.3 Å². The number of benzene rings is 1. The Kier molecular flexibility index (Phi) is 5.07. The molecular weight excluding hydrogens is 354 g/mol. The van der Waals surface area contributed by atoms with Crippen molar-refractivity contribution in [3.05, 3.63) is 63.2 Å². The number of nitrogens with two attached hydrogens (primary N) is 1. The molecule has 3 aromatic rings. The zero-order valence-electron chi connectivity index (χ0n) is 16.5. The molecule has 2 heterocycles. The van der Waals surface area contributed by atoms with Crippen molar-refractivity contribution in [1.29, 1.82) is 0 Å². The van der Waals surface area contributed by atoms with Crippen LogP contribution in [0, 0.1) is 34.6 Å². The zero-order valence-corrected chi connectivity index (χ0v) is 17.3. The summed E-state index contributed by atoms with van der Waals surface area (Å²) in [4.78, 5) is 19.0. The molecule has 0 fully saturated rings. The molecule has 0 saturated heterocycles. The number of amides is 1. The van der Waals surface area contributed by atoms with Gasteiger partial charge in [0, 0.05) is 16.8 Å². The van der Waals surface area contributed by atoms with Crippen molar-refractivity contribution in [2.75, 3.05) is 11.1 Å². The summed E-state index contributed by atoms with van der Waals surface area (Å²) in [6.07, 6.45) is 2.60. The average molecular weight is 380 g/mol. The van der Waals surface area contributed by atoms with Gasteiger partial charge in [-0.3, -0.25) is 4.79 Å². The summed E-state index contributed by atoms with van der Waals surface area (Å²) >= 11 is 1.35. The molecule has 3 N–H and O–H groups in total. The first-order valence-electron chi connectivity index (χ1n) is 8.92. The minimum atomic E-state index is -0.187. The number of hydrogen-bond donors (Lipinski definition) is 2. The van der Waals surface area contributed by atoms with E-state index < -0.39 is 0 Å². The SMILES string of the molecule is C=CCc1c(C)nc2sc(C(=O)Nc3c(C)cc(C)cc3C)c(N)c2c1C. The summed E-state index contributed by atoms with van der Waals surface area (Å²) in [5, 5.41) is 3.92. The van der Waals surface area contributed by atoms with Crippen LogP contribution in [-0.4, -0.2) is 10.9 Å². The second-order valence-corrected chi connectivity index (χ2v) is 8.05. The van der Waals surface area contributed by atoms with Crippen LogP contribution in [-0.2, 0) is 6.42 Å². The van der Waals surface area contributed by atoms with E-state index in [2.05, 4.69) is 29.0 Å². The fraction of sp³-hybridized carbons (Fsp3) is 0.273. The Morgan fingerprint density at radius 2 is 1.85 bits per heavy atom. The van der Waals surface area contributed by atoms with Crippen LogP contribution in [0.1, 0.15) is 43.2 Å². The molecule has 0 bridgehead atoms. The average Bonchev–Trinajstić information content (AvgIpc) is 2.91. The fourth-order valence-corrected chi connectivity index (χ4v) is 4.77. The molecule has 0 spiro atoms. The third kappa shape index (κ3) is 3.35. The lowest BCUT2D eigenvalue weighted by Crippen LogP contribution is -2.14. The number of aryl methyl sites for hydroxylation is 5. The van der Waals surface area contributed by atoms with Gasteiger partial charge in [0.15, 0.2) is 0 Å². The number of rotatable bonds is 4. The van der Waals surface area contributed by atoms with Gasteiger partial charge in [0.05, 0.1) is 5.69 Å². The first-order chi connectivity index (χ1) is 12.7. The maximum atomic E-state index is 13.0. The number of anilines is 2. The molecule has 1 aromatic carbocycles. The maximum Gasteiger partial charge on any atom is 0.267 e. The van der Waals surface area contributed by atoms with E-state index in [1.54, 1.807) is 0 Å². The van der Waals surface area contributed by atoms with Gasteiger partial charge in [0.2, 0.25) is 0 Å². The number of carbonyl (C=O) groups excluding carboxylic acids is 1. The van der Waals surface area contributed by atoms with Crippen molar-refractivity contribution in [3.63, 3.8) is 0 Å². The molecule has 27 heavy (non-hydrogen) atoms. The van der Waals surface area contributed by atoms with Crippen LogP contribution in [0.3, 0.4) is 0 Å². The highest BCUT2D eigenvalue weighted by Crippen LogP contribution is 2.37. The minimum Gasteiger partial charge on any atom is -0.397 e. The second kappa shape index (κ2) is 7.16. The monoisotopic (exact) mass is 379 g/mol. The van der Waals surface area contributed by atoms with Gasteiger partial charge in [-0.15, -0.1) is 17.9 Å². The van der Waals surface area contributed by atoms with E-state index >= 15 is 0 Å². The van der Waals surface area contributed by atoms with Crippen molar-refractivity contribution >= 4 is 38.8 Å². The Hall–Kier alpha value is -2.66. The predicted octanol–water partition coefficient (Wildman–Crippen LogP) is 5.40. The van der Waals surface area contributed by atoms with Crippen LogP contribution in [0.4, 0.5) is 11.4 Å². The van der Waals surface area contributed by atoms with Gasteiger partial charge in [-0.05, 0) is 63.3 Å². The number of carbonyl (C=O) groups is 1. The van der Waals surface area contributed by atoms with Crippen LogP contribution in [0.15, 0.2) is 24.8 Å². The standard InChI is InChI=1S/C22H25N3OS/c1-7-8-16-14(5)17-18(23)20(27-22(17)24-15(16)6)21(26)25-19-12(3)9-11(2)10-13(19)4/h7,9-10H,1,8,23H2,2-6H3,(H,25,26). The van der Waals surface area contributed by atoms with Crippen molar-refractivity contribution in [3.8, 4) is 0 Å². The fourth-order valence-electron chi connectivity index (χ4n) is 3.68. The van der Waals surface area contributed by atoms with E-state index in [1.807, 2.05) is 40.7 Å². The van der Waals surface area contributed by atoms with Crippen LogP contribution < -0.4 is 11.1 Å². The smallest absolute Gasteiger partial charge is 0.267 e. The Morgan fingerprint density at radius 1 is 1.22 bits per heavy atom. The number of nitrogens with zero attached hydrogens (tertiary/aromatic N) is 1. The zero-order chi connectivity index (χ0) is 19.9. The lowest BCUT2D eigenvalue weighted by molar-refractivity contribution is 0.103. The van der Waals surface area contributed by atoms with Crippen molar-refractivity contribution in [2.45, 2.75) is 41.0 Å². The number of fused-ring (bicyclic) bond motifs is 1. The van der Waals surface area contributed by atoms with Crippen molar-refractivity contribution in [2.24, 2.45) is 0 Å². The molecule has 5 heteroatoms. The van der Waals surface area contributed by atoms with Crippen LogP contribution in [0.25, 0.3) is 10.2 Å². The third-order valence-electron chi connectivity index (χ3n) is 4.93. The summed E-state index contributed by atoms with van der Waals surface area (Å²) in [7, 11) is 0. The minimum absolute atomic E-state index is 0.187. The molecule has 0 aliphatic heterocycles. The number of nitrogens with one attached hydrogen (secondary N) is 1. The number of pyridine rings is 1. The summed E-state index contributed by atoms with van der Waals surface area (Å²) in [5.41, 5.74) is 14.2. The van der Waals surface area contributed by atoms with Crippen LogP contribution in [0.2, 0.25) is 0 Å². The largest absolute Gasteiger partial charge is 0.397 e. The van der Waals surface area contributed by atoms with Crippen molar-refractivity contribution in [1.82, 2.24) is 4.98 Å². The number of hydrogen-bond acceptors (Lipinski definition) is 4. The van der Waals surface area contributed by atoms with Crippen molar-refractivity contribution < 1.29 is 4.79 Å². The van der Waals surface area contributed by atoms with E-state index in [4.69, 9.17) is 5.73 Å². The van der Waals surface area contributed by atoms with Gasteiger partial charge in [0.25, 0.3) is 5.91 Å². The second-order valence-electron chi connectivity index (χ2n) is 7.05. The summed E-state index contributed by atoms with van der Waals surface area (Å²) in [5.74, 6) is -0.187. The lowest BCUT2D eigenvalue weighted by atomic mass is 10.0. The van der Waals surface area contributed by atoms with Gasteiger partial charge in [0.1, 0.15) is 9.71 Å². The highest BCUT2D eigenvalue weighted by atomic mass is 32.1. The Morgan fingerprint density at radius 3 is 2.44 bits per heavy atom. The molecule has 0 atom stereocenters. The van der Waals surface area contributed by atoms with Crippen LogP contribution in [0.5, 0.6) is 0 Å². The van der Waals surface area contributed by atoms with E-state index in [1.165, 1.54) is 16.9 Å². The lowest BCUT2D eigenvalue weighted by Gasteiger charge is -2.12. The number of nitrogen functional groups attached to an aromatic ring is 1. The van der Waals surface area contributed by atoms with Gasteiger partial charge in [-0.2, -0.15) is 0 Å². The molecule has 0 aliphatic carbocycles. The summed E-state index contributed by atoms with van der Waals surface area (Å²) in [6.45, 7) is 13.9. The molecule has 0 aliphatic rings. The van der Waals surface area contributed by atoms with Crippen LogP contribution >= 0.6 is 11.3 Å².